The summed E-state index contributed by atoms with van der Waals surface area (Å²) >= 11 is 0. The number of rotatable bonds is 7. The Balaban J connectivity index is 2.36. The first-order valence-electron chi connectivity index (χ1n) is 5.74. The van der Waals surface area contributed by atoms with Gasteiger partial charge in [-0.1, -0.05) is 18.2 Å². The molecular formula is C13H19NO3. The zero-order chi connectivity index (χ0) is 12.5. The van der Waals surface area contributed by atoms with Gasteiger partial charge >= 0.3 is 0 Å². The van der Waals surface area contributed by atoms with Gasteiger partial charge in [-0.15, -0.1) is 0 Å². The van der Waals surface area contributed by atoms with Crippen molar-refractivity contribution in [2.75, 3.05) is 20.3 Å². The number of methoxy groups -OCH3 is 1. The van der Waals surface area contributed by atoms with Crippen LogP contribution in [0.5, 0.6) is 5.75 Å². The van der Waals surface area contributed by atoms with E-state index in [4.69, 9.17) is 9.47 Å². The minimum atomic E-state index is -0.00986. The predicted molar refractivity (Wildman–Crippen MR) is 66.0 cm³/mol. The monoisotopic (exact) mass is 237 g/mol. The van der Waals surface area contributed by atoms with Crippen LogP contribution in [0.3, 0.4) is 0 Å². The number of para-hydroxylation sites is 1. The highest BCUT2D eigenvalue weighted by atomic mass is 16.5. The lowest BCUT2D eigenvalue weighted by Gasteiger charge is -2.09. The summed E-state index contributed by atoms with van der Waals surface area (Å²) in [6.45, 7) is 3.50. The van der Waals surface area contributed by atoms with Crippen molar-refractivity contribution in [3.63, 3.8) is 0 Å². The second kappa shape index (κ2) is 7.68. The van der Waals surface area contributed by atoms with Crippen LogP contribution in [0, 0.1) is 0 Å². The highest BCUT2D eigenvalue weighted by Crippen LogP contribution is 2.16. The number of nitrogens with one attached hydrogen (secondary N) is 1. The fourth-order valence-electron chi connectivity index (χ4n) is 1.44. The molecule has 17 heavy (non-hydrogen) atoms. The molecule has 0 fully saturated rings. The molecule has 1 N–H and O–H groups in total. The van der Waals surface area contributed by atoms with Gasteiger partial charge in [0.2, 0.25) is 5.91 Å². The standard InChI is InChI=1S/C13H19NO3/c1-3-17-9-8-13(15)14-10-11-6-4-5-7-12(11)16-2/h4-7H,3,8-10H2,1-2H3,(H,14,15). The van der Waals surface area contributed by atoms with Crippen LogP contribution in [-0.4, -0.2) is 26.2 Å². The summed E-state index contributed by atoms with van der Waals surface area (Å²) in [6.07, 6.45) is 0.392. The summed E-state index contributed by atoms with van der Waals surface area (Å²) in [5.41, 5.74) is 0.972. The van der Waals surface area contributed by atoms with E-state index in [1.807, 2.05) is 31.2 Å². The zero-order valence-electron chi connectivity index (χ0n) is 10.4. The minimum absolute atomic E-state index is 0.00986. The van der Waals surface area contributed by atoms with Gasteiger partial charge in [0.1, 0.15) is 5.75 Å². The molecule has 4 heteroatoms. The third kappa shape index (κ3) is 4.87. The fourth-order valence-corrected chi connectivity index (χ4v) is 1.44. The van der Waals surface area contributed by atoms with E-state index in [0.29, 0.717) is 26.2 Å². The topological polar surface area (TPSA) is 47.6 Å². The molecule has 1 rings (SSSR count). The van der Waals surface area contributed by atoms with Crippen LogP contribution in [0.2, 0.25) is 0 Å². The molecular weight excluding hydrogens is 218 g/mol. The van der Waals surface area contributed by atoms with Crippen molar-refractivity contribution in [3.8, 4) is 5.75 Å². The Morgan fingerprint density at radius 1 is 1.35 bits per heavy atom. The van der Waals surface area contributed by atoms with Crippen LogP contribution in [0.25, 0.3) is 0 Å². The van der Waals surface area contributed by atoms with E-state index in [2.05, 4.69) is 5.32 Å². The zero-order valence-corrected chi connectivity index (χ0v) is 10.4. The lowest BCUT2D eigenvalue weighted by atomic mass is 10.2. The lowest BCUT2D eigenvalue weighted by molar-refractivity contribution is -0.122. The van der Waals surface area contributed by atoms with Crippen molar-refractivity contribution in [2.24, 2.45) is 0 Å². The summed E-state index contributed by atoms with van der Waals surface area (Å²) < 4.78 is 10.3. The molecule has 0 aliphatic carbocycles. The van der Waals surface area contributed by atoms with Gasteiger partial charge in [-0.2, -0.15) is 0 Å². The largest absolute Gasteiger partial charge is 0.496 e. The SMILES string of the molecule is CCOCCC(=O)NCc1ccccc1OC. The molecule has 94 valence electrons. The Labute approximate surface area is 102 Å². The van der Waals surface area contributed by atoms with Crippen molar-refractivity contribution < 1.29 is 14.3 Å². The summed E-state index contributed by atoms with van der Waals surface area (Å²) in [7, 11) is 1.62. The van der Waals surface area contributed by atoms with Gasteiger partial charge in [0.05, 0.1) is 13.7 Å². The first-order valence-corrected chi connectivity index (χ1v) is 5.74. The summed E-state index contributed by atoms with van der Waals surface area (Å²) in [5, 5.41) is 2.83. The quantitative estimate of drug-likeness (QED) is 0.735. The minimum Gasteiger partial charge on any atom is -0.496 e. The van der Waals surface area contributed by atoms with Crippen LogP contribution < -0.4 is 10.1 Å². The smallest absolute Gasteiger partial charge is 0.222 e. The van der Waals surface area contributed by atoms with Crippen molar-refractivity contribution in [3.05, 3.63) is 29.8 Å². The maximum absolute atomic E-state index is 11.5. The third-order valence-electron chi connectivity index (χ3n) is 2.35. The van der Waals surface area contributed by atoms with Gasteiger partial charge in [-0.25, -0.2) is 0 Å². The fraction of sp³-hybridized carbons (Fsp3) is 0.462. The Kier molecular flexibility index (Phi) is 6.10. The average molecular weight is 237 g/mol. The van der Waals surface area contributed by atoms with Gasteiger partial charge in [0, 0.05) is 25.1 Å². The van der Waals surface area contributed by atoms with Crippen molar-refractivity contribution in [1.29, 1.82) is 0 Å². The summed E-state index contributed by atoms with van der Waals surface area (Å²) in [5.74, 6) is 0.780. The van der Waals surface area contributed by atoms with Gasteiger partial charge in [-0.3, -0.25) is 4.79 Å². The second-order valence-corrected chi connectivity index (χ2v) is 3.54. The van der Waals surface area contributed by atoms with Gasteiger partial charge in [0.15, 0.2) is 0 Å². The molecule has 4 nitrogen and oxygen atoms in total. The molecule has 1 aromatic rings. The van der Waals surface area contributed by atoms with Gasteiger partial charge in [-0.05, 0) is 13.0 Å². The Hall–Kier alpha value is -1.55. The van der Waals surface area contributed by atoms with Gasteiger partial charge < -0.3 is 14.8 Å². The predicted octanol–water partition coefficient (Wildman–Crippen LogP) is 1.74. The van der Waals surface area contributed by atoms with Crippen molar-refractivity contribution in [2.45, 2.75) is 19.9 Å². The molecule has 0 saturated carbocycles. The Morgan fingerprint density at radius 2 is 2.12 bits per heavy atom. The molecule has 0 atom stereocenters. The molecule has 0 unspecified atom stereocenters. The molecule has 1 aromatic carbocycles. The Bertz CT molecular complexity index is 352. The molecule has 1 amide bonds. The molecule has 0 spiro atoms. The summed E-state index contributed by atoms with van der Waals surface area (Å²) in [6, 6.07) is 7.63. The van der Waals surface area contributed by atoms with E-state index in [-0.39, 0.29) is 5.91 Å². The third-order valence-corrected chi connectivity index (χ3v) is 2.35. The van der Waals surface area contributed by atoms with E-state index >= 15 is 0 Å². The van der Waals surface area contributed by atoms with Crippen LogP contribution in [0.4, 0.5) is 0 Å². The van der Waals surface area contributed by atoms with Crippen LogP contribution in [0.1, 0.15) is 18.9 Å². The number of ether oxygens (including phenoxy) is 2. The van der Waals surface area contributed by atoms with E-state index in [0.717, 1.165) is 11.3 Å². The molecule has 0 radical (unpaired) electrons. The first kappa shape index (κ1) is 13.5. The number of carbonyl (C=O) groups is 1. The first-order chi connectivity index (χ1) is 8.27. The summed E-state index contributed by atoms with van der Waals surface area (Å²) in [4.78, 5) is 11.5. The number of hydrogen-bond acceptors (Lipinski definition) is 3. The normalized spacial score (nSPS) is 10.0. The van der Waals surface area contributed by atoms with E-state index in [1.54, 1.807) is 7.11 Å². The lowest BCUT2D eigenvalue weighted by Crippen LogP contribution is -2.24. The number of hydrogen-bond donors (Lipinski definition) is 1. The van der Waals surface area contributed by atoms with Crippen LogP contribution in [-0.2, 0) is 16.1 Å². The second-order valence-electron chi connectivity index (χ2n) is 3.54. The van der Waals surface area contributed by atoms with Gasteiger partial charge in [0.25, 0.3) is 0 Å². The van der Waals surface area contributed by atoms with E-state index in [9.17, 15) is 4.79 Å². The molecule has 0 aliphatic rings. The van der Waals surface area contributed by atoms with Crippen molar-refractivity contribution in [1.82, 2.24) is 5.32 Å². The molecule has 0 aromatic heterocycles. The molecule has 0 aliphatic heterocycles. The maximum Gasteiger partial charge on any atom is 0.222 e. The highest BCUT2D eigenvalue weighted by molar-refractivity contribution is 5.76. The van der Waals surface area contributed by atoms with E-state index < -0.39 is 0 Å². The van der Waals surface area contributed by atoms with E-state index in [1.165, 1.54) is 0 Å². The molecule has 0 heterocycles. The average Bonchev–Trinajstić information content (AvgIpc) is 2.37. The highest BCUT2D eigenvalue weighted by Gasteiger charge is 2.04. The van der Waals surface area contributed by atoms with Crippen molar-refractivity contribution >= 4 is 5.91 Å². The number of carbonyl (C=O) groups excluding carboxylic acids is 1. The number of amides is 1. The molecule has 0 saturated heterocycles. The maximum atomic E-state index is 11.5. The molecule has 0 bridgehead atoms. The Morgan fingerprint density at radius 3 is 2.82 bits per heavy atom. The number of benzene rings is 1. The van der Waals surface area contributed by atoms with Crippen LogP contribution in [0.15, 0.2) is 24.3 Å². The van der Waals surface area contributed by atoms with Crippen LogP contribution >= 0.6 is 0 Å².